The summed E-state index contributed by atoms with van der Waals surface area (Å²) in [5, 5.41) is 0. The quantitative estimate of drug-likeness (QED) is 0.681. The lowest BCUT2D eigenvalue weighted by molar-refractivity contribution is -0.167. The van der Waals surface area contributed by atoms with Gasteiger partial charge in [-0.1, -0.05) is 13.8 Å². The summed E-state index contributed by atoms with van der Waals surface area (Å²) in [5.41, 5.74) is -0.418. The van der Waals surface area contributed by atoms with Crippen LogP contribution in [0.15, 0.2) is 0 Å². The number of Topliss-reactive ketones (excluding diaryl/α,β-unsaturated/α-hetero) is 2. The second-order valence-corrected chi connectivity index (χ2v) is 9.46. The van der Waals surface area contributed by atoms with E-state index in [1.165, 1.54) is 7.11 Å². The van der Waals surface area contributed by atoms with Gasteiger partial charge in [0.25, 0.3) is 0 Å². The summed E-state index contributed by atoms with van der Waals surface area (Å²) in [5.74, 6) is 1.86. The van der Waals surface area contributed by atoms with Crippen LogP contribution in [-0.4, -0.2) is 24.6 Å². The van der Waals surface area contributed by atoms with Crippen molar-refractivity contribution in [1.82, 2.24) is 0 Å². The Morgan fingerprint density at radius 3 is 2.52 bits per heavy atom. The Morgan fingerprint density at radius 1 is 1.04 bits per heavy atom. The molecule has 0 N–H and O–H groups in total. The van der Waals surface area contributed by atoms with Crippen molar-refractivity contribution < 1.29 is 19.1 Å². The topological polar surface area (TPSA) is 60.4 Å². The van der Waals surface area contributed by atoms with E-state index in [0.29, 0.717) is 48.7 Å². The van der Waals surface area contributed by atoms with Gasteiger partial charge in [-0.25, -0.2) is 0 Å². The SMILES string of the molecule is COC(=O)[C@@H]1CC[C@@H]2[C@H]3CC[C@H]4CC(=O)CC[C@]4(C)[C@@H]3CC(=O)[C@]21C. The van der Waals surface area contributed by atoms with Gasteiger partial charge < -0.3 is 4.74 Å². The third-order valence-corrected chi connectivity index (χ3v) is 8.83. The van der Waals surface area contributed by atoms with Crippen molar-refractivity contribution in [1.29, 1.82) is 0 Å². The number of hydrogen-bond acceptors (Lipinski definition) is 4. The molecule has 0 amide bonds. The first kappa shape index (κ1) is 17.2. The molecule has 4 aliphatic carbocycles. The highest BCUT2D eigenvalue weighted by Gasteiger charge is 2.64. The maximum Gasteiger partial charge on any atom is 0.309 e. The fourth-order valence-electron chi connectivity index (χ4n) is 7.28. The van der Waals surface area contributed by atoms with Crippen LogP contribution in [0.5, 0.6) is 0 Å². The summed E-state index contributed by atoms with van der Waals surface area (Å²) in [6.07, 6.45) is 6.87. The van der Waals surface area contributed by atoms with Crippen molar-refractivity contribution in [2.24, 2.45) is 40.4 Å². The average molecular weight is 346 g/mol. The molecule has 0 heterocycles. The zero-order valence-electron chi connectivity index (χ0n) is 15.7. The number of fused-ring (bicyclic) bond motifs is 5. The molecule has 0 saturated heterocycles. The van der Waals surface area contributed by atoms with Crippen LogP contribution in [0.25, 0.3) is 0 Å². The average Bonchev–Trinajstić information content (AvgIpc) is 2.95. The smallest absolute Gasteiger partial charge is 0.309 e. The Bertz CT molecular complexity index is 625. The molecule has 0 spiro atoms. The minimum absolute atomic E-state index is 0.122. The van der Waals surface area contributed by atoms with Gasteiger partial charge in [0, 0.05) is 24.7 Å². The number of esters is 1. The van der Waals surface area contributed by atoms with Crippen LogP contribution in [0.4, 0.5) is 0 Å². The van der Waals surface area contributed by atoms with E-state index in [4.69, 9.17) is 4.74 Å². The van der Waals surface area contributed by atoms with E-state index >= 15 is 0 Å². The third-order valence-electron chi connectivity index (χ3n) is 8.83. The predicted octanol–water partition coefficient (Wildman–Crippen LogP) is 3.57. The van der Waals surface area contributed by atoms with Crippen LogP contribution >= 0.6 is 0 Å². The lowest BCUT2D eigenvalue weighted by Gasteiger charge is -2.59. The van der Waals surface area contributed by atoms with Crippen molar-refractivity contribution in [2.75, 3.05) is 7.11 Å². The highest BCUT2D eigenvalue weighted by atomic mass is 16.5. The normalized spacial score (nSPS) is 49.2. The molecule has 0 aliphatic heterocycles. The standard InChI is InChI=1S/C21H30O4/c1-20-9-8-13(22)10-12(20)4-5-14-15-6-7-16(19(24)25-3)21(15,2)18(23)11-17(14)20/h12,14-17H,4-11H2,1-3H3/t12-,14+,15+,16-,17+,20-,21+/m0/s1. The maximum atomic E-state index is 13.3. The first-order chi connectivity index (χ1) is 11.8. The van der Waals surface area contributed by atoms with Crippen molar-refractivity contribution in [2.45, 2.75) is 65.2 Å². The second-order valence-electron chi connectivity index (χ2n) is 9.46. The van der Waals surface area contributed by atoms with E-state index < -0.39 is 5.41 Å². The number of carbonyl (C=O) groups excluding carboxylic acids is 3. The largest absolute Gasteiger partial charge is 0.469 e. The summed E-state index contributed by atoms with van der Waals surface area (Å²) < 4.78 is 5.02. The van der Waals surface area contributed by atoms with Gasteiger partial charge in [0.1, 0.15) is 11.6 Å². The minimum atomic E-state index is -0.540. The van der Waals surface area contributed by atoms with Crippen molar-refractivity contribution >= 4 is 17.5 Å². The van der Waals surface area contributed by atoms with Gasteiger partial charge in [-0.15, -0.1) is 0 Å². The lowest BCUT2D eigenvalue weighted by Crippen LogP contribution is -2.57. The molecule has 0 unspecified atom stereocenters. The summed E-state index contributed by atoms with van der Waals surface area (Å²) in [6, 6.07) is 0. The molecule has 138 valence electrons. The van der Waals surface area contributed by atoms with Crippen LogP contribution in [0.2, 0.25) is 0 Å². The molecule has 0 bridgehead atoms. The molecule has 4 saturated carbocycles. The fourth-order valence-corrected chi connectivity index (χ4v) is 7.28. The Labute approximate surface area is 150 Å². The molecule has 7 atom stereocenters. The van der Waals surface area contributed by atoms with Crippen LogP contribution in [0.1, 0.15) is 65.2 Å². The van der Waals surface area contributed by atoms with Crippen LogP contribution < -0.4 is 0 Å². The Hall–Kier alpha value is -1.19. The summed E-state index contributed by atoms with van der Waals surface area (Å²) >= 11 is 0. The van der Waals surface area contributed by atoms with Gasteiger partial charge in [0.2, 0.25) is 0 Å². The molecular weight excluding hydrogens is 316 g/mol. The highest BCUT2D eigenvalue weighted by Crippen LogP contribution is 2.66. The molecule has 4 fully saturated rings. The molecule has 4 heteroatoms. The number of ketones is 2. The number of rotatable bonds is 1. The molecule has 4 nitrogen and oxygen atoms in total. The zero-order valence-corrected chi connectivity index (χ0v) is 15.7. The van der Waals surface area contributed by atoms with Crippen molar-refractivity contribution in [3.8, 4) is 0 Å². The first-order valence-electron chi connectivity index (χ1n) is 9.95. The van der Waals surface area contributed by atoms with Gasteiger partial charge in [0.15, 0.2) is 0 Å². The Balaban J connectivity index is 1.67. The minimum Gasteiger partial charge on any atom is -0.469 e. The van der Waals surface area contributed by atoms with Gasteiger partial charge in [-0.2, -0.15) is 0 Å². The molecular formula is C21H30O4. The molecule has 0 aromatic heterocycles. The molecule has 25 heavy (non-hydrogen) atoms. The van der Waals surface area contributed by atoms with E-state index in [0.717, 1.165) is 32.1 Å². The van der Waals surface area contributed by atoms with E-state index in [2.05, 4.69) is 6.92 Å². The first-order valence-corrected chi connectivity index (χ1v) is 9.95. The van der Waals surface area contributed by atoms with E-state index in [9.17, 15) is 14.4 Å². The third kappa shape index (κ3) is 2.21. The van der Waals surface area contributed by atoms with Crippen LogP contribution in [-0.2, 0) is 19.1 Å². The molecule has 0 aromatic rings. The summed E-state index contributed by atoms with van der Waals surface area (Å²) in [6.45, 7) is 4.37. The van der Waals surface area contributed by atoms with Gasteiger partial charge in [0.05, 0.1) is 13.0 Å². The maximum absolute atomic E-state index is 13.3. The van der Waals surface area contributed by atoms with Crippen LogP contribution in [0.3, 0.4) is 0 Å². The summed E-state index contributed by atoms with van der Waals surface area (Å²) in [4.78, 5) is 37.5. The molecule has 0 aromatic carbocycles. The van der Waals surface area contributed by atoms with Crippen molar-refractivity contribution in [3.63, 3.8) is 0 Å². The highest BCUT2D eigenvalue weighted by molar-refractivity contribution is 5.92. The monoisotopic (exact) mass is 346 g/mol. The number of ether oxygens (including phenoxy) is 1. The molecule has 0 radical (unpaired) electrons. The second kappa shape index (κ2) is 5.65. The molecule has 4 rings (SSSR count). The lowest BCUT2D eigenvalue weighted by atomic mass is 9.44. The number of carbonyl (C=O) groups is 3. The summed E-state index contributed by atoms with van der Waals surface area (Å²) in [7, 11) is 1.43. The Kier molecular flexibility index (Phi) is 3.90. The fraction of sp³-hybridized carbons (Fsp3) is 0.857. The van der Waals surface area contributed by atoms with E-state index in [1.807, 2.05) is 6.92 Å². The van der Waals surface area contributed by atoms with Gasteiger partial charge in [-0.05, 0) is 61.2 Å². The molecule has 4 aliphatic rings. The van der Waals surface area contributed by atoms with E-state index in [-0.39, 0.29) is 23.1 Å². The van der Waals surface area contributed by atoms with Crippen molar-refractivity contribution in [3.05, 3.63) is 0 Å². The predicted molar refractivity (Wildman–Crippen MR) is 92.6 cm³/mol. The number of methoxy groups -OCH3 is 1. The van der Waals surface area contributed by atoms with Crippen LogP contribution in [0, 0.1) is 40.4 Å². The number of hydrogen-bond donors (Lipinski definition) is 0. The Morgan fingerprint density at radius 2 is 1.80 bits per heavy atom. The van der Waals surface area contributed by atoms with Gasteiger partial charge in [-0.3, -0.25) is 14.4 Å². The van der Waals surface area contributed by atoms with Gasteiger partial charge >= 0.3 is 5.97 Å². The zero-order chi connectivity index (χ0) is 18.0. The van der Waals surface area contributed by atoms with E-state index in [1.54, 1.807) is 0 Å².